The standard InChI is InChI=1S/C14H16BrNOS/c1-2-10-5-3-4-6-12(10)17-13(8-16)14-7-11(15)9-18-14/h3-7,9,13H,2,8,16H2,1H3. The summed E-state index contributed by atoms with van der Waals surface area (Å²) >= 11 is 5.12. The third-order valence-corrected chi connectivity index (χ3v) is 4.53. The van der Waals surface area contributed by atoms with Gasteiger partial charge in [-0.3, -0.25) is 0 Å². The van der Waals surface area contributed by atoms with Gasteiger partial charge in [0.05, 0.1) is 0 Å². The number of ether oxygens (including phenoxy) is 1. The van der Waals surface area contributed by atoms with Crippen molar-refractivity contribution in [1.82, 2.24) is 0 Å². The van der Waals surface area contributed by atoms with Gasteiger partial charge in [-0.05, 0) is 40.0 Å². The first kappa shape index (κ1) is 13.6. The van der Waals surface area contributed by atoms with Crippen LogP contribution >= 0.6 is 27.3 Å². The molecule has 1 atom stereocenters. The first-order valence-electron chi connectivity index (χ1n) is 5.93. The third kappa shape index (κ3) is 3.13. The molecule has 0 fully saturated rings. The lowest BCUT2D eigenvalue weighted by Crippen LogP contribution is -2.17. The van der Waals surface area contributed by atoms with Gasteiger partial charge < -0.3 is 10.5 Å². The highest BCUT2D eigenvalue weighted by Gasteiger charge is 2.15. The number of benzene rings is 1. The van der Waals surface area contributed by atoms with Crippen LogP contribution in [0.25, 0.3) is 0 Å². The molecule has 1 aromatic heterocycles. The van der Waals surface area contributed by atoms with Gasteiger partial charge in [-0.15, -0.1) is 11.3 Å². The second kappa shape index (κ2) is 6.36. The predicted molar refractivity (Wildman–Crippen MR) is 80.3 cm³/mol. The Kier molecular flexibility index (Phi) is 4.80. The summed E-state index contributed by atoms with van der Waals surface area (Å²) in [6.07, 6.45) is 0.885. The maximum absolute atomic E-state index is 6.05. The van der Waals surface area contributed by atoms with E-state index < -0.39 is 0 Å². The van der Waals surface area contributed by atoms with Crippen LogP contribution in [0.1, 0.15) is 23.5 Å². The summed E-state index contributed by atoms with van der Waals surface area (Å²) in [5.74, 6) is 0.931. The molecular formula is C14H16BrNOS. The number of para-hydroxylation sites is 1. The molecule has 2 rings (SSSR count). The van der Waals surface area contributed by atoms with E-state index in [2.05, 4.69) is 35.0 Å². The summed E-state index contributed by atoms with van der Waals surface area (Å²) in [4.78, 5) is 1.15. The molecule has 0 spiro atoms. The molecule has 4 heteroatoms. The lowest BCUT2D eigenvalue weighted by molar-refractivity contribution is 0.216. The van der Waals surface area contributed by atoms with E-state index in [-0.39, 0.29) is 6.10 Å². The molecular weight excluding hydrogens is 310 g/mol. The number of hydrogen-bond donors (Lipinski definition) is 1. The number of thiophene rings is 1. The highest BCUT2D eigenvalue weighted by Crippen LogP contribution is 2.30. The van der Waals surface area contributed by atoms with Gasteiger partial charge in [-0.1, -0.05) is 25.1 Å². The number of rotatable bonds is 5. The van der Waals surface area contributed by atoms with Gasteiger partial charge in [0, 0.05) is 21.3 Å². The van der Waals surface area contributed by atoms with E-state index in [0.29, 0.717) is 6.54 Å². The third-order valence-electron chi connectivity index (χ3n) is 2.74. The van der Waals surface area contributed by atoms with E-state index in [1.165, 1.54) is 5.56 Å². The summed E-state index contributed by atoms with van der Waals surface area (Å²) in [6.45, 7) is 2.60. The molecule has 0 radical (unpaired) electrons. The zero-order valence-electron chi connectivity index (χ0n) is 10.2. The fourth-order valence-corrected chi connectivity index (χ4v) is 3.27. The molecule has 2 aromatic rings. The molecule has 1 heterocycles. The van der Waals surface area contributed by atoms with Crippen LogP contribution < -0.4 is 10.5 Å². The smallest absolute Gasteiger partial charge is 0.145 e. The average molecular weight is 326 g/mol. The largest absolute Gasteiger partial charge is 0.483 e. The van der Waals surface area contributed by atoms with Crippen LogP contribution in [-0.4, -0.2) is 6.54 Å². The SMILES string of the molecule is CCc1ccccc1OC(CN)c1cc(Br)cs1. The molecule has 2 nitrogen and oxygen atoms in total. The zero-order chi connectivity index (χ0) is 13.0. The van der Waals surface area contributed by atoms with Crippen molar-refractivity contribution in [1.29, 1.82) is 0 Å². The maximum Gasteiger partial charge on any atom is 0.145 e. The zero-order valence-corrected chi connectivity index (χ0v) is 12.6. The van der Waals surface area contributed by atoms with Crippen molar-refractivity contribution < 1.29 is 4.74 Å². The number of halogens is 1. The van der Waals surface area contributed by atoms with Crippen LogP contribution in [0.3, 0.4) is 0 Å². The second-order valence-corrected chi connectivity index (χ2v) is 5.83. The van der Waals surface area contributed by atoms with Crippen molar-refractivity contribution in [3.8, 4) is 5.75 Å². The Morgan fingerprint density at radius 1 is 1.39 bits per heavy atom. The van der Waals surface area contributed by atoms with Gasteiger partial charge in [0.25, 0.3) is 0 Å². The Balaban J connectivity index is 2.20. The van der Waals surface area contributed by atoms with E-state index in [0.717, 1.165) is 21.5 Å². The fourth-order valence-electron chi connectivity index (χ4n) is 1.78. The fraction of sp³-hybridized carbons (Fsp3) is 0.286. The topological polar surface area (TPSA) is 35.2 Å². The molecule has 0 saturated carbocycles. The van der Waals surface area contributed by atoms with Crippen LogP contribution in [0.4, 0.5) is 0 Å². The minimum atomic E-state index is -0.0750. The van der Waals surface area contributed by atoms with E-state index in [9.17, 15) is 0 Å². The monoisotopic (exact) mass is 325 g/mol. The van der Waals surface area contributed by atoms with E-state index >= 15 is 0 Å². The number of aryl methyl sites for hydroxylation is 1. The van der Waals surface area contributed by atoms with Crippen LogP contribution in [0.2, 0.25) is 0 Å². The summed E-state index contributed by atoms with van der Waals surface area (Å²) in [6, 6.07) is 10.2. The highest BCUT2D eigenvalue weighted by molar-refractivity contribution is 9.10. The quantitative estimate of drug-likeness (QED) is 0.896. The lowest BCUT2D eigenvalue weighted by atomic mass is 10.1. The van der Waals surface area contributed by atoms with Gasteiger partial charge in [0.15, 0.2) is 0 Å². The number of hydrogen-bond acceptors (Lipinski definition) is 3. The Morgan fingerprint density at radius 2 is 2.17 bits per heavy atom. The maximum atomic E-state index is 6.05. The van der Waals surface area contributed by atoms with E-state index in [4.69, 9.17) is 10.5 Å². The van der Waals surface area contributed by atoms with Crippen LogP contribution in [-0.2, 0) is 6.42 Å². The molecule has 0 aliphatic rings. The molecule has 0 aliphatic carbocycles. The molecule has 0 amide bonds. The predicted octanol–water partition coefficient (Wildman–Crippen LogP) is 4.15. The van der Waals surface area contributed by atoms with Gasteiger partial charge >= 0.3 is 0 Å². The minimum Gasteiger partial charge on any atom is -0.483 e. The minimum absolute atomic E-state index is 0.0750. The Morgan fingerprint density at radius 3 is 2.78 bits per heavy atom. The lowest BCUT2D eigenvalue weighted by Gasteiger charge is -2.18. The summed E-state index contributed by atoms with van der Waals surface area (Å²) in [7, 11) is 0. The van der Waals surface area contributed by atoms with Crippen molar-refractivity contribution in [3.05, 3.63) is 50.6 Å². The molecule has 18 heavy (non-hydrogen) atoms. The summed E-state index contributed by atoms with van der Waals surface area (Å²) in [5, 5.41) is 2.05. The first-order valence-corrected chi connectivity index (χ1v) is 7.60. The Hall–Kier alpha value is -0.840. The molecule has 0 bridgehead atoms. The average Bonchev–Trinajstić information content (AvgIpc) is 2.83. The molecule has 1 aromatic carbocycles. The molecule has 96 valence electrons. The second-order valence-electron chi connectivity index (χ2n) is 3.97. The van der Waals surface area contributed by atoms with E-state index in [1.54, 1.807) is 11.3 Å². The Bertz CT molecular complexity index is 512. The first-order chi connectivity index (χ1) is 8.74. The normalized spacial score (nSPS) is 12.4. The number of nitrogens with two attached hydrogens (primary N) is 1. The van der Waals surface area contributed by atoms with Gasteiger partial charge in [0.2, 0.25) is 0 Å². The highest BCUT2D eigenvalue weighted by atomic mass is 79.9. The van der Waals surface area contributed by atoms with Crippen molar-refractivity contribution in [2.75, 3.05) is 6.54 Å². The molecule has 1 unspecified atom stereocenters. The van der Waals surface area contributed by atoms with Crippen LogP contribution in [0, 0.1) is 0 Å². The molecule has 0 aliphatic heterocycles. The summed E-state index contributed by atoms with van der Waals surface area (Å²) in [5.41, 5.74) is 7.03. The molecule has 0 saturated heterocycles. The Labute approximate surface area is 120 Å². The van der Waals surface area contributed by atoms with Crippen molar-refractivity contribution in [2.24, 2.45) is 5.73 Å². The summed E-state index contributed by atoms with van der Waals surface area (Å²) < 4.78 is 7.13. The van der Waals surface area contributed by atoms with Crippen molar-refractivity contribution in [2.45, 2.75) is 19.4 Å². The van der Waals surface area contributed by atoms with Crippen LogP contribution in [0.5, 0.6) is 5.75 Å². The van der Waals surface area contributed by atoms with Gasteiger partial charge in [0.1, 0.15) is 11.9 Å². The van der Waals surface area contributed by atoms with Gasteiger partial charge in [-0.2, -0.15) is 0 Å². The van der Waals surface area contributed by atoms with Gasteiger partial charge in [-0.25, -0.2) is 0 Å². The molecule has 2 N–H and O–H groups in total. The van der Waals surface area contributed by atoms with Crippen LogP contribution in [0.15, 0.2) is 40.2 Å². The van der Waals surface area contributed by atoms with Crippen molar-refractivity contribution in [3.63, 3.8) is 0 Å². The van der Waals surface area contributed by atoms with E-state index in [1.807, 2.05) is 23.6 Å². The van der Waals surface area contributed by atoms with Crippen molar-refractivity contribution >= 4 is 27.3 Å².